The van der Waals surface area contributed by atoms with Gasteiger partial charge in [-0.15, -0.1) is 0 Å². The van der Waals surface area contributed by atoms with Gasteiger partial charge in [0.25, 0.3) is 0 Å². The molecule has 0 aromatic heterocycles. The SMILES string of the molecule is CC1CC(C#N)(C(=O)Nc2ccc(Cl)cc2Br)C1. The number of carbonyl (C=O) groups excluding carboxylic acids is 1. The number of nitriles is 1. The lowest BCUT2D eigenvalue weighted by Gasteiger charge is -2.39. The van der Waals surface area contributed by atoms with Gasteiger partial charge in [-0.05, 0) is 52.9 Å². The summed E-state index contributed by atoms with van der Waals surface area (Å²) in [5.41, 5.74) is -0.225. The molecule has 1 aromatic rings. The van der Waals surface area contributed by atoms with Gasteiger partial charge in [-0.3, -0.25) is 4.79 Å². The van der Waals surface area contributed by atoms with E-state index in [-0.39, 0.29) is 5.91 Å². The Hall–Kier alpha value is -1.05. The maximum absolute atomic E-state index is 12.1. The van der Waals surface area contributed by atoms with E-state index in [1.165, 1.54) is 0 Å². The van der Waals surface area contributed by atoms with Gasteiger partial charge < -0.3 is 5.32 Å². The van der Waals surface area contributed by atoms with Crippen LogP contribution in [0.4, 0.5) is 5.69 Å². The molecule has 1 fully saturated rings. The Kier molecular flexibility index (Phi) is 3.65. The van der Waals surface area contributed by atoms with E-state index >= 15 is 0 Å². The van der Waals surface area contributed by atoms with E-state index in [9.17, 15) is 10.1 Å². The molecule has 0 heterocycles. The molecule has 0 aliphatic heterocycles. The van der Waals surface area contributed by atoms with Crippen LogP contribution in [0.1, 0.15) is 19.8 Å². The summed E-state index contributed by atoms with van der Waals surface area (Å²) in [5.74, 6) is 0.204. The van der Waals surface area contributed by atoms with Gasteiger partial charge in [0.1, 0.15) is 5.41 Å². The van der Waals surface area contributed by atoms with Crippen molar-refractivity contribution in [3.63, 3.8) is 0 Å². The molecule has 1 saturated carbocycles. The van der Waals surface area contributed by atoms with Crippen molar-refractivity contribution in [1.29, 1.82) is 5.26 Å². The number of nitrogens with zero attached hydrogens (tertiary/aromatic N) is 1. The second-order valence-corrected chi connectivity index (χ2v) is 6.08. The summed E-state index contributed by atoms with van der Waals surface area (Å²) in [6, 6.07) is 7.27. The number of rotatable bonds is 2. The highest BCUT2D eigenvalue weighted by Crippen LogP contribution is 2.45. The summed E-state index contributed by atoms with van der Waals surface area (Å²) in [4.78, 5) is 12.1. The Labute approximate surface area is 119 Å². The number of hydrogen-bond acceptors (Lipinski definition) is 2. The van der Waals surface area contributed by atoms with Crippen LogP contribution in [0.5, 0.6) is 0 Å². The predicted octanol–water partition coefficient (Wildman–Crippen LogP) is 3.98. The zero-order valence-electron chi connectivity index (χ0n) is 9.84. The van der Waals surface area contributed by atoms with E-state index in [0.717, 1.165) is 0 Å². The van der Waals surface area contributed by atoms with Gasteiger partial charge in [0, 0.05) is 9.50 Å². The minimum atomic E-state index is -0.863. The molecule has 0 radical (unpaired) electrons. The first-order valence-corrected chi connectivity index (χ1v) is 6.82. The van der Waals surface area contributed by atoms with Crippen molar-refractivity contribution < 1.29 is 4.79 Å². The van der Waals surface area contributed by atoms with Crippen LogP contribution in [0.25, 0.3) is 0 Å². The molecule has 0 unspecified atom stereocenters. The molecule has 0 bridgehead atoms. The fourth-order valence-corrected chi connectivity index (χ4v) is 3.07. The number of nitrogens with one attached hydrogen (secondary N) is 1. The number of anilines is 1. The highest BCUT2D eigenvalue weighted by atomic mass is 79.9. The highest BCUT2D eigenvalue weighted by Gasteiger charge is 2.49. The third kappa shape index (κ3) is 2.38. The van der Waals surface area contributed by atoms with E-state index in [0.29, 0.717) is 33.9 Å². The summed E-state index contributed by atoms with van der Waals surface area (Å²) in [7, 11) is 0. The summed E-state index contributed by atoms with van der Waals surface area (Å²) in [6.45, 7) is 2.04. The maximum Gasteiger partial charge on any atom is 0.244 e. The third-order valence-corrected chi connectivity index (χ3v) is 4.11. The molecule has 0 atom stereocenters. The average Bonchev–Trinajstić information content (AvgIpc) is 2.28. The Bertz CT molecular complexity index is 532. The molecular formula is C13H12BrClN2O. The van der Waals surface area contributed by atoms with Gasteiger partial charge in [-0.2, -0.15) is 5.26 Å². The minimum Gasteiger partial charge on any atom is -0.324 e. The first-order chi connectivity index (χ1) is 8.47. The van der Waals surface area contributed by atoms with Crippen molar-refractivity contribution >= 4 is 39.1 Å². The molecule has 0 saturated heterocycles. The number of carbonyl (C=O) groups is 1. The van der Waals surface area contributed by atoms with E-state index in [1.54, 1.807) is 18.2 Å². The Balaban J connectivity index is 2.15. The van der Waals surface area contributed by atoms with Gasteiger partial charge in [0.15, 0.2) is 0 Å². The fraction of sp³-hybridized carbons (Fsp3) is 0.385. The zero-order chi connectivity index (χ0) is 13.3. The Morgan fingerprint density at radius 3 is 2.78 bits per heavy atom. The molecule has 1 aliphatic rings. The molecule has 1 aliphatic carbocycles. The van der Waals surface area contributed by atoms with Crippen LogP contribution in [0, 0.1) is 22.7 Å². The molecular weight excluding hydrogens is 316 g/mol. The van der Waals surface area contributed by atoms with Gasteiger partial charge in [-0.25, -0.2) is 0 Å². The number of benzene rings is 1. The smallest absolute Gasteiger partial charge is 0.244 e. The topological polar surface area (TPSA) is 52.9 Å². The molecule has 0 spiro atoms. The monoisotopic (exact) mass is 326 g/mol. The maximum atomic E-state index is 12.1. The van der Waals surface area contributed by atoms with Gasteiger partial charge >= 0.3 is 0 Å². The van der Waals surface area contributed by atoms with Crippen LogP contribution in [0.2, 0.25) is 5.02 Å². The van der Waals surface area contributed by atoms with Crippen LogP contribution in [0.15, 0.2) is 22.7 Å². The van der Waals surface area contributed by atoms with E-state index in [1.807, 2.05) is 6.92 Å². The first kappa shape index (κ1) is 13.4. The van der Waals surface area contributed by atoms with Crippen LogP contribution in [-0.4, -0.2) is 5.91 Å². The number of halogens is 2. The lowest BCUT2D eigenvalue weighted by atomic mass is 9.63. The summed E-state index contributed by atoms with van der Waals surface area (Å²) < 4.78 is 0.712. The predicted molar refractivity (Wildman–Crippen MR) is 74.2 cm³/mol. The summed E-state index contributed by atoms with van der Waals surface area (Å²) in [5, 5.41) is 12.5. The highest BCUT2D eigenvalue weighted by molar-refractivity contribution is 9.10. The Morgan fingerprint density at radius 2 is 2.28 bits per heavy atom. The van der Waals surface area contributed by atoms with Crippen LogP contribution in [0.3, 0.4) is 0 Å². The largest absolute Gasteiger partial charge is 0.324 e. The van der Waals surface area contributed by atoms with E-state index < -0.39 is 5.41 Å². The molecule has 94 valence electrons. The first-order valence-electron chi connectivity index (χ1n) is 5.64. The van der Waals surface area contributed by atoms with Gasteiger partial charge in [-0.1, -0.05) is 18.5 Å². The molecule has 1 N–H and O–H groups in total. The average molecular weight is 328 g/mol. The molecule has 5 heteroatoms. The lowest BCUT2D eigenvalue weighted by molar-refractivity contribution is -0.128. The second-order valence-electron chi connectivity index (χ2n) is 4.79. The standard InChI is InChI=1S/C13H12BrClN2O/c1-8-5-13(6-8,7-16)12(18)17-11-3-2-9(15)4-10(11)14/h2-4,8H,5-6H2,1H3,(H,17,18). The summed E-state index contributed by atoms with van der Waals surface area (Å²) in [6.07, 6.45) is 1.25. The number of hydrogen-bond donors (Lipinski definition) is 1. The quantitative estimate of drug-likeness (QED) is 0.893. The van der Waals surface area contributed by atoms with Crippen molar-refractivity contribution in [2.75, 3.05) is 5.32 Å². The van der Waals surface area contributed by atoms with Crippen molar-refractivity contribution in [3.8, 4) is 6.07 Å². The Morgan fingerprint density at radius 1 is 1.61 bits per heavy atom. The van der Waals surface area contributed by atoms with Crippen LogP contribution < -0.4 is 5.32 Å². The van der Waals surface area contributed by atoms with E-state index in [2.05, 4.69) is 27.3 Å². The molecule has 1 amide bonds. The number of amides is 1. The molecule has 18 heavy (non-hydrogen) atoms. The zero-order valence-corrected chi connectivity index (χ0v) is 12.2. The third-order valence-electron chi connectivity index (χ3n) is 3.22. The van der Waals surface area contributed by atoms with Crippen molar-refractivity contribution in [1.82, 2.24) is 0 Å². The van der Waals surface area contributed by atoms with Crippen molar-refractivity contribution in [2.24, 2.45) is 11.3 Å². The summed E-state index contributed by atoms with van der Waals surface area (Å²) >= 11 is 9.17. The van der Waals surface area contributed by atoms with Crippen LogP contribution in [-0.2, 0) is 4.79 Å². The van der Waals surface area contributed by atoms with Gasteiger partial charge in [0.2, 0.25) is 5.91 Å². The minimum absolute atomic E-state index is 0.230. The van der Waals surface area contributed by atoms with Gasteiger partial charge in [0.05, 0.1) is 11.8 Å². The molecule has 3 nitrogen and oxygen atoms in total. The van der Waals surface area contributed by atoms with Crippen molar-refractivity contribution in [2.45, 2.75) is 19.8 Å². The van der Waals surface area contributed by atoms with Crippen LogP contribution >= 0.6 is 27.5 Å². The second kappa shape index (κ2) is 4.91. The normalized spacial score (nSPS) is 26.0. The fourth-order valence-electron chi connectivity index (χ4n) is 2.29. The molecule has 2 rings (SSSR count). The molecule has 1 aromatic carbocycles. The van der Waals surface area contributed by atoms with Crippen molar-refractivity contribution in [3.05, 3.63) is 27.7 Å². The lowest BCUT2D eigenvalue weighted by Crippen LogP contribution is -2.45. The van der Waals surface area contributed by atoms with E-state index in [4.69, 9.17) is 11.6 Å².